The standard InChI is InChI=1S/C21H28N2O2/c1-15-5-3-8-20(16(15)2)23-11-9-18(10-12-23)22-14-21(25)17-6-4-7-19(24)13-17/h3-8,13,18,21-22,24-25H,9-12,14H2,1-2H3. The van der Waals surface area contributed by atoms with Gasteiger partial charge >= 0.3 is 0 Å². The van der Waals surface area contributed by atoms with E-state index in [1.807, 2.05) is 6.07 Å². The Morgan fingerprint density at radius 1 is 1.12 bits per heavy atom. The Labute approximate surface area is 150 Å². The molecule has 0 spiro atoms. The highest BCUT2D eigenvalue weighted by atomic mass is 16.3. The second kappa shape index (κ2) is 7.89. The Balaban J connectivity index is 1.50. The summed E-state index contributed by atoms with van der Waals surface area (Å²) in [6, 6.07) is 13.8. The third kappa shape index (κ3) is 4.33. The number of aryl methyl sites for hydroxylation is 1. The number of aliphatic hydroxyl groups excluding tert-OH is 1. The summed E-state index contributed by atoms with van der Waals surface area (Å²) in [4.78, 5) is 2.46. The Morgan fingerprint density at radius 3 is 2.56 bits per heavy atom. The first-order valence-corrected chi connectivity index (χ1v) is 9.06. The lowest BCUT2D eigenvalue weighted by atomic mass is 10.0. The molecule has 1 atom stereocenters. The smallest absolute Gasteiger partial charge is 0.115 e. The molecule has 3 N–H and O–H groups in total. The summed E-state index contributed by atoms with van der Waals surface area (Å²) < 4.78 is 0. The van der Waals surface area contributed by atoms with E-state index in [2.05, 4.69) is 42.3 Å². The van der Waals surface area contributed by atoms with Crippen LogP contribution < -0.4 is 10.2 Å². The third-order valence-electron chi connectivity index (χ3n) is 5.27. The number of benzene rings is 2. The van der Waals surface area contributed by atoms with Crippen LogP contribution in [0.15, 0.2) is 42.5 Å². The quantitative estimate of drug-likeness (QED) is 0.782. The molecule has 4 heteroatoms. The van der Waals surface area contributed by atoms with Gasteiger partial charge in [-0.25, -0.2) is 0 Å². The Hall–Kier alpha value is -2.04. The van der Waals surface area contributed by atoms with Gasteiger partial charge in [0, 0.05) is 31.4 Å². The van der Waals surface area contributed by atoms with E-state index in [4.69, 9.17) is 0 Å². The van der Waals surface area contributed by atoms with Crippen molar-refractivity contribution in [2.45, 2.75) is 38.8 Å². The number of piperidine rings is 1. The van der Waals surface area contributed by atoms with Gasteiger partial charge in [0.15, 0.2) is 0 Å². The van der Waals surface area contributed by atoms with Gasteiger partial charge in [0.2, 0.25) is 0 Å². The van der Waals surface area contributed by atoms with E-state index < -0.39 is 6.10 Å². The van der Waals surface area contributed by atoms with Crippen molar-refractivity contribution in [1.29, 1.82) is 0 Å². The lowest BCUT2D eigenvalue weighted by molar-refractivity contribution is 0.167. The summed E-state index contributed by atoms with van der Waals surface area (Å²) in [7, 11) is 0. The lowest BCUT2D eigenvalue weighted by Crippen LogP contribution is -2.43. The van der Waals surface area contributed by atoms with E-state index in [0.29, 0.717) is 12.6 Å². The van der Waals surface area contributed by atoms with Crippen LogP contribution in [0.4, 0.5) is 5.69 Å². The number of hydrogen-bond donors (Lipinski definition) is 3. The van der Waals surface area contributed by atoms with Crippen molar-refractivity contribution < 1.29 is 10.2 Å². The van der Waals surface area contributed by atoms with Crippen LogP contribution in [0.1, 0.15) is 35.6 Å². The van der Waals surface area contributed by atoms with E-state index in [-0.39, 0.29) is 5.75 Å². The average molecular weight is 340 g/mol. The van der Waals surface area contributed by atoms with E-state index >= 15 is 0 Å². The van der Waals surface area contributed by atoms with Gasteiger partial charge in [0.05, 0.1) is 6.10 Å². The summed E-state index contributed by atoms with van der Waals surface area (Å²) in [6.07, 6.45) is 1.55. The maximum atomic E-state index is 10.3. The van der Waals surface area contributed by atoms with Crippen molar-refractivity contribution in [2.24, 2.45) is 0 Å². The molecule has 1 saturated heterocycles. The molecule has 25 heavy (non-hydrogen) atoms. The fourth-order valence-corrected chi connectivity index (χ4v) is 3.53. The molecule has 2 aromatic rings. The number of nitrogens with zero attached hydrogens (tertiary/aromatic N) is 1. The summed E-state index contributed by atoms with van der Waals surface area (Å²) in [5.74, 6) is 0.193. The maximum Gasteiger partial charge on any atom is 0.115 e. The number of nitrogens with one attached hydrogen (secondary N) is 1. The van der Waals surface area contributed by atoms with Gasteiger partial charge in [-0.15, -0.1) is 0 Å². The zero-order valence-corrected chi connectivity index (χ0v) is 15.1. The molecule has 134 valence electrons. The molecule has 1 aliphatic rings. The minimum absolute atomic E-state index is 0.193. The monoisotopic (exact) mass is 340 g/mol. The number of phenolic OH excluding ortho intramolecular Hbond substituents is 1. The normalized spacial score (nSPS) is 16.8. The molecule has 1 heterocycles. The highest BCUT2D eigenvalue weighted by Crippen LogP contribution is 2.26. The zero-order chi connectivity index (χ0) is 17.8. The van der Waals surface area contributed by atoms with Gasteiger partial charge in [0.25, 0.3) is 0 Å². The van der Waals surface area contributed by atoms with Crippen LogP contribution in [0.2, 0.25) is 0 Å². The Morgan fingerprint density at radius 2 is 1.84 bits per heavy atom. The number of hydrogen-bond acceptors (Lipinski definition) is 4. The molecule has 0 saturated carbocycles. The minimum atomic E-state index is -0.593. The molecular weight excluding hydrogens is 312 g/mol. The highest BCUT2D eigenvalue weighted by Gasteiger charge is 2.21. The summed E-state index contributed by atoms with van der Waals surface area (Å²) in [5.41, 5.74) is 4.80. The molecule has 1 aliphatic heterocycles. The molecule has 0 aliphatic carbocycles. The van der Waals surface area contributed by atoms with E-state index in [0.717, 1.165) is 31.5 Å². The second-order valence-electron chi connectivity index (χ2n) is 7.00. The van der Waals surface area contributed by atoms with Crippen molar-refractivity contribution in [1.82, 2.24) is 5.32 Å². The largest absolute Gasteiger partial charge is 0.508 e. The molecular formula is C21H28N2O2. The van der Waals surface area contributed by atoms with Gasteiger partial charge in [0.1, 0.15) is 5.75 Å². The fraction of sp³-hybridized carbons (Fsp3) is 0.429. The van der Waals surface area contributed by atoms with Gasteiger partial charge in [-0.3, -0.25) is 0 Å². The van der Waals surface area contributed by atoms with Crippen molar-refractivity contribution in [2.75, 3.05) is 24.5 Å². The number of anilines is 1. The Kier molecular flexibility index (Phi) is 5.61. The van der Waals surface area contributed by atoms with E-state index in [1.54, 1.807) is 18.2 Å². The van der Waals surface area contributed by atoms with Crippen LogP contribution in [-0.4, -0.2) is 35.9 Å². The molecule has 0 radical (unpaired) electrons. The maximum absolute atomic E-state index is 10.3. The van der Waals surface area contributed by atoms with Crippen LogP contribution >= 0.6 is 0 Å². The summed E-state index contributed by atoms with van der Waals surface area (Å²) in [5, 5.41) is 23.3. The second-order valence-corrected chi connectivity index (χ2v) is 7.00. The SMILES string of the molecule is Cc1cccc(N2CCC(NCC(O)c3cccc(O)c3)CC2)c1C. The molecule has 0 bridgehead atoms. The summed E-state index contributed by atoms with van der Waals surface area (Å²) >= 11 is 0. The topological polar surface area (TPSA) is 55.7 Å². The fourth-order valence-electron chi connectivity index (χ4n) is 3.53. The van der Waals surface area contributed by atoms with E-state index in [1.165, 1.54) is 16.8 Å². The molecule has 0 amide bonds. The number of aliphatic hydroxyl groups is 1. The van der Waals surface area contributed by atoms with Gasteiger partial charge < -0.3 is 20.4 Å². The molecule has 1 fully saturated rings. The third-order valence-corrected chi connectivity index (χ3v) is 5.27. The average Bonchev–Trinajstić information content (AvgIpc) is 2.62. The van der Waals surface area contributed by atoms with Gasteiger partial charge in [-0.05, 0) is 61.6 Å². The molecule has 2 aromatic carbocycles. The molecule has 3 rings (SSSR count). The predicted octanol–water partition coefficient (Wildman–Crippen LogP) is 3.30. The van der Waals surface area contributed by atoms with E-state index in [9.17, 15) is 10.2 Å². The van der Waals surface area contributed by atoms with Gasteiger partial charge in [-0.2, -0.15) is 0 Å². The van der Waals surface area contributed by atoms with Crippen molar-refractivity contribution in [3.05, 3.63) is 59.2 Å². The first-order chi connectivity index (χ1) is 12.0. The predicted molar refractivity (Wildman–Crippen MR) is 102 cm³/mol. The first-order valence-electron chi connectivity index (χ1n) is 9.06. The van der Waals surface area contributed by atoms with Gasteiger partial charge in [-0.1, -0.05) is 24.3 Å². The van der Waals surface area contributed by atoms with Crippen LogP contribution in [0.3, 0.4) is 0 Å². The number of phenols is 1. The zero-order valence-electron chi connectivity index (χ0n) is 15.1. The summed E-state index contributed by atoms with van der Waals surface area (Å²) in [6.45, 7) is 6.93. The highest BCUT2D eigenvalue weighted by molar-refractivity contribution is 5.56. The molecule has 4 nitrogen and oxygen atoms in total. The number of aromatic hydroxyl groups is 1. The Bertz CT molecular complexity index is 709. The van der Waals surface area contributed by atoms with Crippen molar-refractivity contribution in [3.8, 4) is 5.75 Å². The van der Waals surface area contributed by atoms with Crippen LogP contribution in [0, 0.1) is 13.8 Å². The van der Waals surface area contributed by atoms with Crippen molar-refractivity contribution >= 4 is 5.69 Å². The van der Waals surface area contributed by atoms with Crippen LogP contribution in [-0.2, 0) is 0 Å². The molecule has 1 unspecified atom stereocenters. The first kappa shape index (κ1) is 17.8. The molecule has 0 aromatic heterocycles. The minimum Gasteiger partial charge on any atom is -0.508 e. The van der Waals surface area contributed by atoms with Crippen molar-refractivity contribution in [3.63, 3.8) is 0 Å². The number of rotatable bonds is 5. The van der Waals surface area contributed by atoms with Crippen LogP contribution in [0.25, 0.3) is 0 Å². The lowest BCUT2D eigenvalue weighted by Gasteiger charge is -2.35. The van der Waals surface area contributed by atoms with Crippen LogP contribution in [0.5, 0.6) is 5.75 Å².